The van der Waals surface area contributed by atoms with E-state index in [1.807, 2.05) is 56.3 Å². The van der Waals surface area contributed by atoms with Crippen LogP contribution in [0.15, 0.2) is 66.7 Å². The number of hydrogen-bond acceptors (Lipinski definition) is 6. The largest absolute Gasteiger partial charge is 0.496 e. The van der Waals surface area contributed by atoms with Gasteiger partial charge in [-0.15, -0.1) is 0 Å². The van der Waals surface area contributed by atoms with Crippen molar-refractivity contribution in [1.29, 1.82) is 0 Å². The zero-order chi connectivity index (χ0) is 28.9. The smallest absolute Gasteiger partial charge is 0.258 e. The first-order valence-electron chi connectivity index (χ1n) is 13.8. The minimum Gasteiger partial charge on any atom is -0.496 e. The van der Waals surface area contributed by atoms with E-state index in [9.17, 15) is 14.4 Å². The first-order chi connectivity index (χ1) is 19.8. The zero-order valence-electron chi connectivity index (χ0n) is 23.5. The van der Waals surface area contributed by atoms with E-state index in [4.69, 9.17) is 14.2 Å². The van der Waals surface area contributed by atoms with Crippen LogP contribution in [0.2, 0.25) is 0 Å². The summed E-state index contributed by atoms with van der Waals surface area (Å²) in [5.74, 6) is 1.14. The number of likely N-dealkylation sites (tertiary alicyclic amines) is 1. The molecule has 3 aliphatic rings. The molecule has 41 heavy (non-hydrogen) atoms. The Morgan fingerprint density at radius 1 is 1.00 bits per heavy atom. The van der Waals surface area contributed by atoms with Gasteiger partial charge in [0, 0.05) is 43.1 Å². The molecule has 0 spiro atoms. The van der Waals surface area contributed by atoms with Crippen LogP contribution in [0.25, 0.3) is 11.1 Å². The van der Waals surface area contributed by atoms with Crippen molar-refractivity contribution in [3.8, 4) is 28.4 Å². The second-order valence-electron chi connectivity index (χ2n) is 10.6. The van der Waals surface area contributed by atoms with E-state index in [1.165, 1.54) is 0 Å². The normalized spacial score (nSPS) is 19.3. The molecule has 6 rings (SSSR count). The van der Waals surface area contributed by atoms with Crippen LogP contribution in [0.5, 0.6) is 17.2 Å². The second-order valence-corrected chi connectivity index (χ2v) is 10.6. The highest BCUT2D eigenvalue weighted by molar-refractivity contribution is 5.96. The first-order valence-corrected chi connectivity index (χ1v) is 13.8. The van der Waals surface area contributed by atoms with Crippen LogP contribution in [0.4, 0.5) is 0 Å². The Labute approximate surface area is 239 Å². The molecule has 2 N–H and O–H groups in total. The molecule has 0 unspecified atom stereocenters. The number of nitrogens with zero attached hydrogens (tertiary/aromatic N) is 1. The highest BCUT2D eigenvalue weighted by atomic mass is 16.5. The summed E-state index contributed by atoms with van der Waals surface area (Å²) in [7, 11) is 1.57. The van der Waals surface area contributed by atoms with Crippen LogP contribution >= 0.6 is 0 Å². The monoisotopic (exact) mass is 557 g/mol. The number of piperidine rings is 1. The van der Waals surface area contributed by atoms with Crippen molar-refractivity contribution in [3.05, 3.63) is 77.9 Å². The van der Waals surface area contributed by atoms with E-state index >= 15 is 0 Å². The Bertz CT molecular complexity index is 1420. The average Bonchev–Trinajstić information content (AvgIpc) is 2.99. The second kappa shape index (κ2) is 12.3. The maximum Gasteiger partial charge on any atom is 0.258 e. The minimum atomic E-state index is -0.425. The molecule has 0 saturated carbocycles. The van der Waals surface area contributed by atoms with E-state index in [2.05, 4.69) is 10.6 Å². The van der Waals surface area contributed by atoms with Crippen molar-refractivity contribution in [1.82, 2.24) is 15.5 Å². The maximum atomic E-state index is 13.6. The third kappa shape index (κ3) is 6.62. The number of carbonyl (C=O) groups is 3. The number of hydrogen-bond donors (Lipinski definition) is 2. The predicted molar refractivity (Wildman–Crippen MR) is 154 cm³/mol. The lowest BCUT2D eigenvalue weighted by atomic mass is 9.98. The predicted octanol–water partition coefficient (Wildman–Crippen LogP) is 3.81. The SMILES string of the molecule is COc1ccc2cc1-c1cccc(c1)OCC(=O)NCc1ccc(cc1)O[C@@H]1CCN(C(=O)C(C)C)C[C@H]1NC2=O. The summed E-state index contributed by atoms with van der Waals surface area (Å²) in [5, 5.41) is 6.02. The summed E-state index contributed by atoms with van der Waals surface area (Å²) in [5.41, 5.74) is 2.83. The molecule has 0 aromatic heterocycles. The molecule has 1 fully saturated rings. The minimum absolute atomic E-state index is 0.0457. The van der Waals surface area contributed by atoms with Gasteiger partial charge >= 0.3 is 0 Å². The summed E-state index contributed by atoms with van der Waals surface area (Å²) in [6.45, 7) is 4.86. The Morgan fingerprint density at radius 3 is 2.56 bits per heavy atom. The number of carbonyl (C=O) groups excluding carboxylic acids is 3. The van der Waals surface area contributed by atoms with Gasteiger partial charge in [0.2, 0.25) is 5.91 Å². The van der Waals surface area contributed by atoms with Crippen molar-refractivity contribution < 1.29 is 28.6 Å². The lowest BCUT2D eigenvalue weighted by Gasteiger charge is -2.39. The van der Waals surface area contributed by atoms with Gasteiger partial charge in [-0.2, -0.15) is 0 Å². The fourth-order valence-electron chi connectivity index (χ4n) is 5.12. The van der Waals surface area contributed by atoms with Crippen LogP contribution < -0.4 is 24.8 Å². The highest BCUT2D eigenvalue weighted by Crippen LogP contribution is 2.33. The molecule has 3 heterocycles. The molecule has 9 nitrogen and oxygen atoms in total. The molecule has 9 heteroatoms. The third-order valence-electron chi connectivity index (χ3n) is 7.35. The fourth-order valence-corrected chi connectivity index (χ4v) is 5.12. The van der Waals surface area contributed by atoms with Crippen molar-refractivity contribution in [2.24, 2.45) is 5.92 Å². The maximum absolute atomic E-state index is 13.6. The van der Waals surface area contributed by atoms with Crippen LogP contribution in [0.1, 0.15) is 36.2 Å². The summed E-state index contributed by atoms with van der Waals surface area (Å²) in [4.78, 5) is 40.7. The molecule has 1 saturated heterocycles. The molecule has 3 aromatic rings. The van der Waals surface area contributed by atoms with Gasteiger partial charge in [0.15, 0.2) is 6.61 Å². The standard InChI is InChI=1S/C32H35N3O6/c1-20(2)32(38)35-14-13-29-27(18-35)34-31(37)23-9-12-28(39-3)26(16-23)22-5-4-6-25(15-22)40-19-30(36)33-17-21-7-10-24(41-29)11-8-21/h4-12,15-16,20,27,29H,13-14,17-19H2,1-3H3,(H,33,36)(H,34,37)/t27-,29-/m1/s1. The zero-order valence-corrected chi connectivity index (χ0v) is 23.5. The molecule has 2 atom stereocenters. The Balaban J connectivity index is 1.50. The van der Waals surface area contributed by atoms with Crippen molar-refractivity contribution >= 4 is 17.7 Å². The number of benzene rings is 3. The summed E-state index contributed by atoms with van der Waals surface area (Å²) >= 11 is 0. The molecular weight excluding hydrogens is 522 g/mol. The fraction of sp³-hybridized carbons (Fsp3) is 0.344. The lowest BCUT2D eigenvalue weighted by molar-refractivity contribution is -0.137. The molecule has 214 valence electrons. The number of methoxy groups -OCH3 is 1. The topological polar surface area (TPSA) is 106 Å². The van der Waals surface area contributed by atoms with Crippen molar-refractivity contribution in [2.45, 2.75) is 39.0 Å². The Kier molecular flexibility index (Phi) is 8.42. The van der Waals surface area contributed by atoms with Gasteiger partial charge in [-0.25, -0.2) is 0 Å². The molecule has 0 aliphatic carbocycles. The molecule has 3 aromatic carbocycles. The molecule has 6 bridgehead atoms. The highest BCUT2D eigenvalue weighted by Gasteiger charge is 2.35. The van der Waals surface area contributed by atoms with E-state index in [-0.39, 0.29) is 36.4 Å². The quantitative estimate of drug-likeness (QED) is 0.497. The number of ether oxygens (including phenoxy) is 3. The number of nitrogens with one attached hydrogen (secondary N) is 2. The van der Waals surface area contributed by atoms with E-state index < -0.39 is 6.04 Å². The first kappa shape index (κ1) is 28.0. The average molecular weight is 558 g/mol. The van der Waals surface area contributed by atoms with Crippen LogP contribution in [0, 0.1) is 5.92 Å². The number of amides is 3. The lowest BCUT2D eigenvalue weighted by Crippen LogP contribution is -2.58. The van der Waals surface area contributed by atoms with Crippen molar-refractivity contribution in [3.63, 3.8) is 0 Å². The summed E-state index contributed by atoms with van der Waals surface area (Å²) in [6, 6.07) is 19.6. The summed E-state index contributed by atoms with van der Waals surface area (Å²) < 4.78 is 17.7. The van der Waals surface area contributed by atoms with Crippen LogP contribution in [-0.2, 0) is 16.1 Å². The van der Waals surface area contributed by atoms with E-state index in [1.54, 1.807) is 36.3 Å². The van der Waals surface area contributed by atoms with Gasteiger partial charge in [-0.05, 0) is 53.6 Å². The Hall–Kier alpha value is -4.53. The van der Waals surface area contributed by atoms with Gasteiger partial charge in [0.1, 0.15) is 23.4 Å². The molecule has 3 amide bonds. The molecule has 0 radical (unpaired) electrons. The summed E-state index contributed by atoms with van der Waals surface area (Å²) in [6.07, 6.45) is 0.236. The van der Waals surface area contributed by atoms with Gasteiger partial charge < -0.3 is 29.7 Å². The van der Waals surface area contributed by atoms with Gasteiger partial charge in [-0.3, -0.25) is 14.4 Å². The Morgan fingerprint density at radius 2 is 1.80 bits per heavy atom. The molecular formula is C32H35N3O6. The van der Waals surface area contributed by atoms with E-state index in [0.29, 0.717) is 54.4 Å². The third-order valence-corrected chi connectivity index (χ3v) is 7.35. The molecule has 3 aliphatic heterocycles. The van der Waals surface area contributed by atoms with Crippen LogP contribution in [-0.4, -0.2) is 61.6 Å². The van der Waals surface area contributed by atoms with Crippen LogP contribution in [0.3, 0.4) is 0 Å². The van der Waals surface area contributed by atoms with Gasteiger partial charge in [-0.1, -0.05) is 38.1 Å². The van der Waals surface area contributed by atoms with Gasteiger partial charge in [0.25, 0.3) is 11.8 Å². The van der Waals surface area contributed by atoms with E-state index in [0.717, 1.165) is 11.1 Å². The number of rotatable bonds is 2. The number of fused-ring (bicyclic) bond motifs is 7. The van der Waals surface area contributed by atoms with Crippen molar-refractivity contribution in [2.75, 3.05) is 26.8 Å². The van der Waals surface area contributed by atoms with Gasteiger partial charge in [0.05, 0.1) is 13.2 Å².